The van der Waals surface area contributed by atoms with Crippen LogP contribution in [0.5, 0.6) is 5.75 Å². The number of methoxy groups -OCH3 is 1. The number of nitrogens with zero attached hydrogens (tertiary/aromatic N) is 1. The van der Waals surface area contributed by atoms with E-state index in [0.717, 1.165) is 22.3 Å². The van der Waals surface area contributed by atoms with Crippen molar-refractivity contribution in [3.8, 4) is 11.4 Å². The molecule has 30 heavy (non-hydrogen) atoms. The van der Waals surface area contributed by atoms with E-state index in [0.29, 0.717) is 11.4 Å². The van der Waals surface area contributed by atoms with Gasteiger partial charge in [0.15, 0.2) is 0 Å². The van der Waals surface area contributed by atoms with Gasteiger partial charge >= 0.3 is 6.18 Å². The smallest absolute Gasteiger partial charge is 0.416 e. The first-order valence-electron chi connectivity index (χ1n) is 9.02. The Morgan fingerprint density at radius 2 is 1.80 bits per heavy atom. The highest BCUT2D eigenvalue weighted by molar-refractivity contribution is 5.93. The van der Waals surface area contributed by atoms with Gasteiger partial charge in [-0.25, -0.2) is 0 Å². The number of halogens is 3. The van der Waals surface area contributed by atoms with E-state index in [2.05, 4.69) is 5.32 Å². The van der Waals surface area contributed by atoms with Crippen LogP contribution in [0.1, 0.15) is 27.2 Å². The predicted molar refractivity (Wildman–Crippen MR) is 106 cm³/mol. The number of aromatic nitrogens is 1. The number of para-hydroxylation sites is 1. The van der Waals surface area contributed by atoms with E-state index in [-0.39, 0.29) is 17.8 Å². The van der Waals surface area contributed by atoms with Crippen molar-refractivity contribution in [2.45, 2.75) is 19.6 Å². The Morgan fingerprint density at radius 1 is 1.07 bits per heavy atom. The zero-order valence-electron chi connectivity index (χ0n) is 16.3. The Morgan fingerprint density at radius 3 is 2.50 bits per heavy atom. The second kappa shape index (κ2) is 8.44. The van der Waals surface area contributed by atoms with Crippen LogP contribution in [0.25, 0.3) is 5.69 Å². The van der Waals surface area contributed by atoms with E-state index in [1.54, 1.807) is 31.2 Å². The standard InChI is InChI=1S/C22H19F3N2O3/c1-14-10-11-18(20(28)26-13-15-6-3-4-9-19(15)30-2)21(29)27(14)17-8-5-7-16(12-17)22(23,24)25/h3-12H,13H2,1-2H3,(H,26,28). The van der Waals surface area contributed by atoms with Crippen molar-refractivity contribution in [3.63, 3.8) is 0 Å². The summed E-state index contributed by atoms with van der Waals surface area (Å²) < 4.78 is 45.5. The minimum atomic E-state index is -4.54. The van der Waals surface area contributed by atoms with Crippen molar-refractivity contribution < 1.29 is 22.7 Å². The molecule has 0 atom stereocenters. The second-order valence-corrected chi connectivity index (χ2v) is 6.57. The number of hydrogen-bond donors (Lipinski definition) is 1. The normalized spacial score (nSPS) is 11.2. The number of carbonyl (C=O) groups is 1. The highest BCUT2D eigenvalue weighted by atomic mass is 19.4. The van der Waals surface area contributed by atoms with Crippen LogP contribution in [0.15, 0.2) is 65.5 Å². The number of pyridine rings is 1. The number of ether oxygens (including phenoxy) is 1. The van der Waals surface area contributed by atoms with Gasteiger partial charge in [0.05, 0.1) is 12.7 Å². The van der Waals surface area contributed by atoms with Crippen LogP contribution in [0.4, 0.5) is 13.2 Å². The van der Waals surface area contributed by atoms with Gasteiger partial charge in [0.1, 0.15) is 11.3 Å². The Bertz CT molecular complexity index is 1140. The molecule has 0 unspecified atom stereocenters. The van der Waals surface area contributed by atoms with E-state index < -0.39 is 23.2 Å². The third-order valence-electron chi connectivity index (χ3n) is 4.59. The molecule has 1 N–H and O–H groups in total. The Labute approximate surface area is 170 Å². The van der Waals surface area contributed by atoms with Gasteiger partial charge in [-0.15, -0.1) is 0 Å². The number of rotatable bonds is 5. The third kappa shape index (κ3) is 4.37. The lowest BCUT2D eigenvalue weighted by atomic mass is 10.1. The van der Waals surface area contributed by atoms with Gasteiger partial charge in [0.25, 0.3) is 11.5 Å². The third-order valence-corrected chi connectivity index (χ3v) is 4.59. The summed E-state index contributed by atoms with van der Waals surface area (Å²) in [7, 11) is 1.51. The number of alkyl halides is 3. The van der Waals surface area contributed by atoms with Crippen LogP contribution in [0, 0.1) is 6.92 Å². The van der Waals surface area contributed by atoms with Gasteiger partial charge in [0, 0.05) is 23.5 Å². The molecule has 1 heterocycles. The van der Waals surface area contributed by atoms with Crippen LogP contribution in [-0.4, -0.2) is 17.6 Å². The maximum atomic E-state index is 13.1. The number of nitrogens with one attached hydrogen (secondary N) is 1. The van der Waals surface area contributed by atoms with Crippen molar-refractivity contribution in [1.29, 1.82) is 0 Å². The van der Waals surface area contributed by atoms with Crippen molar-refractivity contribution in [2.75, 3.05) is 7.11 Å². The van der Waals surface area contributed by atoms with Crippen LogP contribution >= 0.6 is 0 Å². The summed E-state index contributed by atoms with van der Waals surface area (Å²) in [6.07, 6.45) is -4.54. The molecular formula is C22H19F3N2O3. The average molecular weight is 416 g/mol. The number of aryl methyl sites for hydroxylation is 1. The molecule has 0 radical (unpaired) electrons. The van der Waals surface area contributed by atoms with Gasteiger partial charge in [-0.2, -0.15) is 13.2 Å². The summed E-state index contributed by atoms with van der Waals surface area (Å²) in [6, 6.07) is 14.4. The van der Waals surface area contributed by atoms with Crippen molar-refractivity contribution in [3.05, 3.63) is 93.4 Å². The summed E-state index contributed by atoms with van der Waals surface area (Å²) in [5, 5.41) is 2.65. The molecule has 0 spiro atoms. The molecule has 1 aromatic heterocycles. The first kappa shape index (κ1) is 21.2. The Hall–Kier alpha value is -3.55. The van der Waals surface area contributed by atoms with Gasteiger partial charge in [-0.3, -0.25) is 14.2 Å². The summed E-state index contributed by atoms with van der Waals surface area (Å²) in [5.74, 6) is -0.0466. The highest BCUT2D eigenvalue weighted by Gasteiger charge is 2.30. The molecule has 0 aliphatic carbocycles. The summed E-state index contributed by atoms with van der Waals surface area (Å²) in [4.78, 5) is 25.5. The van der Waals surface area contributed by atoms with Crippen molar-refractivity contribution in [2.24, 2.45) is 0 Å². The summed E-state index contributed by atoms with van der Waals surface area (Å²) >= 11 is 0. The SMILES string of the molecule is COc1ccccc1CNC(=O)c1ccc(C)n(-c2cccc(C(F)(F)F)c2)c1=O. The molecular weight excluding hydrogens is 397 g/mol. The molecule has 0 aliphatic heterocycles. The van der Waals surface area contributed by atoms with Crippen LogP contribution in [0.2, 0.25) is 0 Å². The van der Waals surface area contributed by atoms with Gasteiger partial charge in [0.2, 0.25) is 0 Å². The molecule has 8 heteroatoms. The van der Waals surface area contributed by atoms with Gasteiger partial charge < -0.3 is 10.1 Å². The largest absolute Gasteiger partial charge is 0.496 e. The fourth-order valence-corrected chi connectivity index (χ4v) is 3.07. The number of hydrogen-bond acceptors (Lipinski definition) is 3. The molecule has 3 aromatic rings. The summed E-state index contributed by atoms with van der Waals surface area (Å²) in [6.45, 7) is 1.71. The molecule has 0 bridgehead atoms. The van der Waals surface area contributed by atoms with E-state index >= 15 is 0 Å². The van der Waals surface area contributed by atoms with Crippen LogP contribution in [-0.2, 0) is 12.7 Å². The molecule has 3 rings (SSSR count). The molecule has 2 aromatic carbocycles. The lowest BCUT2D eigenvalue weighted by Crippen LogP contribution is -2.33. The Balaban J connectivity index is 1.93. The molecule has 1 amide bonds. The van der Waals surface area contributed by atoms with Crippen molar-refractivity contribution in [1.82, 2.24) is 9.88 Å². The number of carbonyl (C=O) groups excluding carboxylic acids is 1. The number of amides is 1. The van der Waals surface area contributed by atoms with E-state index in [4.69, 9.17) is 4.74 Å². The second-order valence-electron chi connectivity index (χ2n) is 6.57. The van der Waals surface area contributed by atoms with Crippen molar-refractivity contribution >= 4 is 5.91 Å². The van der Waals surface area contributed by atoms with E-state index in [9.17, 15) is 22.8 Å². The molecule has 0 aliphatic rings. The molecule has 0 fully saturated rings. The lowest BCUT2D eigenvalue weighted by molar-refractivity contribution is -0.137. The van der Waals surface area contributed by atoms with E-state index in [1.165, 1.54) is 31.4 Å². The molecule has 156 valence electrons. The average Bonchev–Trinajstić information content (AvgIpc) is 2.72. The lowest BCUT2D eigenvalue weighted by Gasteiger charge is -2.14. The van der Waals surface area contributed by atoms with Gasteiger partial charge in [-0.05, 0) is 43.3 Å². The fourth-order valence-electron chi connectivity index (χ4n) is 3.07. The fraction of sp³-hybridized carbons (Fsp3) is 0.182. The first-order chi connectivity index (χ1) is 14.2. The Kier molecular flexibility index (Phi) is 5.96. The topological polar surface area (TPSA) is 60.3 Å². The minimum absolute atomic E-state index is 0.0340. The first-order valence-corrected chi connectivity index (χ1v) is 9.02. The monoisotopic (exact) mass is 416 g/mol. The quantitative estimate of drug-likeness (QED) is 0.681. The number of benzene rings is 2. The molecule has 0 saturated heterocycles. The molecule has 5 nitrogen and oxygen atoms in total. The van der Waals surface area contributed by atoms with Crippen LogP contribution in [0.3, 0.4) is 0 Å². The summed E-state index contributed by atoms with van der Waals surface area (Å²) in [5.41, 5.74) is -0.594. The van der Waals surface area contributed by atoms with E-state index in [1.807, 2.05) is 0 Å². The highest BCUT2D eigenvalue weighted by Crippen LogP contribution is 2.30. The maximum Gasteiger partial charge on any atom is 0.416 e. The zero-order valence-corrected chi connectivity index (χ0v) is 16.3. The predicted octanol–water partition coefficient (Wildman–Crippen LogP) is 4.10. The minimum Gasteiger partial charge on any atom is -0.496 e. The van der Waals surface area contributed by atoms with Gasteiger partial charge in [-0.1, -0.05) is 24.3 Å². The van der Waals surface area contributed by atoms with Crippen LogP contribution < -0.4 is 15.6 Å². The molecule has 0 saturated carbocycles. The zero-order chi connectivity index (χ0) is 21.9. The maximum absolute atomic E-state index is 13.1.